The SMILES string of the molecule is O=C(C=Cc1ccccc1)Nc1c2c(nn1-c1ccccc1)CSC2. The summed E-state index contributed by atoms with van der Waals surface area (Å²) in [6.07, 6.45) is 3.37. The summed E-state index contributed by atoms with van der Waals surface area (Å²) in [7, 11) is 0. The summed E-state index contributed by atoms with van der Waals surface area (Å²) in [5.74, 6) is 2.38. The van der Waals surface area contributed by atoms with Gasteiger partial charge in [-0.25, -0.2) is 4.68 Å². The van der Waals surface area contributed by atoms with Crippen LogP contribution in [0.5, 0.6) is 0 Å². The number of thioether (sulfide) groups is 1. The summed E-state index contributed by atoms with van der Waals surface area (Å²) in [6.45, 7) is 0. The number of carbonyl (C=O) groups excluding carboxylic acids is 1. The van der Waals surface area contributed by atoms with Crippen molar-refractivity contribution in [1.29, 1.82) is 0 Å². The number of fused-ring (bicyclic) bond motifs is 1. The molecule has 0 atom stereocenters. The minimum absolute atomic E-state index is 0.152. The van der Waals surface area contributed by atoms with Crippen LogP contribution in [0.1, 0.15) is 16.8 Å². The molecule has 0 bridgehead atoms. The van der Waals surface area contributed by atoms with Crippen molar-refractivity contribution in [3.63, 3.8) is 0 Å². The summed E-state index contributed by atoms with van der Waals surface area (Å²) in [5.41, 5.74) is 4.12. The highest BCUT2D eigenvalue weighted by molar-refractivity contribution is 7.98. The number of hydrogen-bond donors (Lipinski definition) is 1. The van der Waals surface area contributed by atoms with Crippen LogP contribution < -0.4 is 5.32 Å². The Morgan fingerprint density at radius 1 is 1.04 bits per heavy atom. The van der Waals surface area contributed by atoms with Crippen molar-refractivity contribution in [3.8, 4) is 5.69 Å². The van der Waals surface area contributed by atoms with E-state index in [0.717, 1.165) is 39.8 Å². The molecule has 0 radical (unpaired) electrons. The molecule has 2 aromatic carbocycles. The molecule has 0 saturated heterocycles. The molecule has 0 spiro atoms. The molecule has 1 N–H and O–H groups in total. The molecule has 0 unspecified atom stereocenters. The number of para-hydroxylation sites is 1. The lowest BCUT2D eigenvalue weighted by Crippen LogP contribution is -2.13. The van der Waals surface area contributed by atoms with Crippen LogP contribution in [0.3, 0.4) is 0 Å². The van der Waals surface area contributed by atoms with E-state index < -0.39 is 0 Å². The van der Waals surface area contributed by atoms with Gasteiger partial charge in [0.2, 0.25) is 5.91 Å². The fourth-order valence-corrected chi connectivity index (χ4v) is 3.83. The summed E-state index contributed by atoms with van der Waals surface area (Å²) >= 11 is 1.82. The third kappa shape index (κ3) is 3.37. The van der Waals surface area contributed by atoms with Gasteiger partial charge < -0.3 is 5.32 Å². The quantitative estimate of drug-likeness (QED) is 0.717. The Labute approximate surface area is 150 Å². The van der Waals surface area contributed by atoms with Gasteiger partial charge in [0.1, 0.15) is 5.82 Å². The number of rotatable bonds is 4. The predicted octanol–water partition coefficient (Wildman–Crippen LogP) is 4.27. The molecule has 1 amide bonds. The van der Waals surface area contributed by atoms with Gasteiger partial charge in [-0.05, 0) is 23.8 Å². The molecule has 0 saturated carbocycles. The van der Waals surface area contributed by atoms with Gasteiger partial charge in [0.05, 0.1) is 11.4 Å². The van der Waals surface area contributed by atoms with Crippen LogP contribution in [0.15, 0.2) is 66.7 Å². The van der Waals surface area contributed by atoms with Crippen LogP contribution >= 0.6 is 11.8 Å². The van der Waals surface area contributed by atoms with Gasteiger partial charge in [-0.15, -0.1) is 0 Å². The first-order valence-corrected chi connectivity index (χ1v) is 9.25. The largest absolute Gasteiger partial charge is 0.307 e. The molecule has 1 aliphatic heterocycles. The third-order valence-corrected chi connectivity index (χ3v) is 4.99. The lowest BCUT2D eigenvalue weighted by Gasteiger charge is -2.09. The molecule has 1 aromatic heterocycles. The zero-order valence-electron chi connectivity index (χ0n) is 13.6. The second-order valence-electron chi connectivity index (χ2n) is 5.75. The Morgan fingerprint density at radius 2 is 1.76 bits per heavy atom. The van der Waals surface area contributed by atoms with Crippen molar-refractivity contribution in [3.05, 3.63) is 83.6 Å². The number of nitrogens with zero attached hydrogens (tertiary/aromatic N) is 2. The van der Waals surface area contributed by atoms with Gasteiger partial charge in [0.25, 0.3) is 0 Å². The van der Waals surface area contributed by atoms with Gasteiger partial charge >= 0.3 is 0 Å². The van der Waals surface area contributed by atoms with Gasteiger partial charge in [-0.1, -0.05) is 48.5 Å². The monoisotopic (exact) mass is 347 g/mol. The first-order valence-electron chi connectivity index (χ1n) is 8.09. The molecular weight excluding hydrogens is 330 g/mol. The topological polar surface area (TPSA) is 46.9 Å². The van der Waals surface area contributed by atoms with E-state index in [4.69, 9.17) is 0 Å². The zero-order chi connectivity index (χ0) is 17.1. The smallest absolute Gasteiger partial charge is 0.249 e. The lowest BCUT2D eigenvalue weighted by molar-refractivity contribution is -0.111. The number of carbonyl (C=O) groups is 1. The van der Waals surface area contributed by atoms with Gasteiger partial charge in [0, 0.05) is 23.1 Å². The van der Waals surface area contributed by atoms with Crippen LogP contribution in [0.4, 0.5) is 5.82 Å². The van der Waals surface area contributed by atoms with Crippen LogP contribution in [0.25, 0.3) is 11.8 Å². The first-order chi connectivity index (χ1) is 12.3. The summed E-state index contributed by atoms with van der Waals surface area (Å²) < 4.78 is 1.83. The zero-order valence-corrected chi connectivity index (χ0v) is 14.4. The number of amides is 1. The van der Waals surface area contributed by atoms with Crippen LogP contribution in [0.2, 0.25) is 0 Å². The molecular formula is C20H17N3OS. The van der Waals surface area contributed by atoms with Gasteiger partial charge in [-0.3, -0.25) is 4.79 Å². The van der Waals surface area contributed by atoms with Gasteiger partial charge in [0.15, 0.2) is 0 Å². The molecule has 25 heavy (non-hydrogen) atoms. The van der Waals surface area contributed by atoms with Crippen molar-refractivity contribution < 1.29 is 4.79 Å². The highest BCUT2D eigenvalue weighted by Gasteiger charge is 2.24. The maximum atomic E-state index is 12.4. The van der Waals surface area contributed by atoms with E-state index in [9.17, 15) is 4.79 Å². The third-order valence-electron chi connectivity index (χ3n) is 4.02. The minimum atomic E-state index is -0.152. The molecule has 2 heterocycles. The Morgan fingerprint density at radius 3 is 2.52 bits per heavy atom. The number of aromatic nitrogens is 2. The van der Waals surface area contributed by atoms with Crippen LogP contribution in [-0.4, -0.2) is 15.7 Å². The Kier molecular flexibility index (Phi) is 4.39. The molecule has 5 heteroatoms. The lowest BCUT2D eigenvalue weighted by atomic mass is 10.2. The predicted molar refractivity (Wildman–Crippen MR) is 103 cm³/mol. The number of benzene rings is 2. The minimum Gasteiger partial charge on any atom is -0.307 e. The molecule has 1 aliphatic rings. The van der Waals surface area contributed by atoms with E-state index in [0.29, 0.717) is 0 Å². The molecule has 4 nitrogen and oxygen atoms in total. The molecule has 124 valence electrons. The normalized spacial score (nSPS) is 13.1. The highest BCUT2D eigenvalue weighted by Crippen LogP contribution is 2.36. The fourth-order valence-electron chi connectivity index (χ4n) is 2.79. The van der Waals surface area contributed by atoms with E-state index in [1.165, 1.54) is 0 Å². The van der Waals surface area contributed by atoms with Crippen LogP contribution in [-0.2, 0) is 16.3 Å². The number of anilines is 1. The fraction of sp³-hybridized carbons (Fsp3) is 0.100. The van der Waals surface area contributed by atoms with Crippen molar-refractivity contribution in [2.45, 2.75) is 11.5 Å². The number of nitrogens with one attached hydrogen (secondary N) is 1. The van der Waals surface area contributed by atoms with E-state index >= 15 is 0 Å². The highest BCUT2D eigenvalue weighted by atomic mass is 32.2. The summed E-state index contributed by atoms with van der Waals surface area (Å²) in [4.78, 5) is 12.4. The van der Waals surface area contributed by atoms with E-state index in [1.807, 2.05) is 83.2 Å². The molecule has 3 aromatic rings. The average molecular weight is 347 g/mol. The van der Waals surface area contributed by atoms with E-state index in [-0.39, 0.29) is 5.91 Å². The van der Waals surface area contributed by atoms with Gasteiger partial charge in [-0.2, -0.15) is 16.9 Å². The maximum absolute atomic E-state index is 12.4. The van der Waals surface area contributed by atoms with E-state index in [2.05, 4.69) is 10.4 Å². The van der Waals surface area contributed by atoms with Crippen molar-refractivity contribution in [2.24, 2.45) is 0 Å². The first kappa shape index (κ1) is 15.7. The number of hydrogen-bond acceptors (Lipinski definition) is 3. The molecule has 0 aliphatic carbocycles. The van der Waals surface area contributed by atoms with Crippen molar-refractivity contribution >= 4 is 29.6 Å². The van der Waals surface area contributed by atoms with Crippen molar-refractivity contribution in [1.82, 2.24) is 9.78 Å². The van der Waals surface area contributed by atoms with Crippen LogP contribution in [0, 0.1) is 0 Å². The second kappa shape index (κ2) is 6.99. The molecule has 0 fully saturated rings. The van der Waals surface area contributed by atoms with E-state index in [1.54, 1.807) is 6.08 Å². The molecule has 4 rings (SSSR count). The van der Waals surface area contributed by atoms with Crippen molar-refractivity contribution in [2.75, 3.05) is 5.32 Å². The Bertz CT molecular complexity index is 917. The summed E-state index contributed by atoms with van der Waals surface area (Å²) in [6, 6.07) is 19.7. The summed E-state index contributed by atoms with van der Waals surface area (Å²) in [5, 5.41) is 7.71. The second-order valence-corrected chi connectivity index (χ2v) is 6.73. The maximum Gasteiger partial charge on any atom is 0.249 e. The average Bonchev–Trinajstić information content (AvgIpc) is 3.24. The Hall–Kier alpha value is -2.79. The standard InChI is InChI=1S/C20H17N3OS/c24-19(12-11-15-7-3-1-4-8-15)21-20-17-13-25-14-18(17)22-23(20)16-9-5-2-6-10-16/h1-12H,13-14H2,(H,21,24). The Balaban J connectivity index is 1.62.